The van der Waals surface area contributed by atoms with Crippen molar-refractivity contribution >= 4 is 0 Å². The number of aromatic nitrogens is 1. The summed E-state index contributed by atoms with van der Waals surface area (Å²) in [4.78, 5) is 6.81. The first-order valence-corrected chi connectivity index (χ1v) is 7.78. The fourth-order valence-corrected chi connectivity index (χ4v) is 3.79. The van der Waals surface area contributed by atoms with Crippen molar-refractivity contribution < 1.29 is 14.6 Å². The van der Waals surface area contributed by atoms with E-state index in [0.717, 1.165) is 52.0 Å². The molecule has 0 aromatic carbocycles. The molecular formula is C16H24N2O3. The van der Waals surface area contributed by atoms with Crippen LogP contribution in [0.25, 0.3) is 0 Å². The van der Waals surface area contributed by atoms with Gasteiger partial charge in [0.15, 0.2) is 0 Å². The van der Waals surface area contributed by atoms with Gasteiger partial charge < -0.3 is 14.6 Å². The van der Waals surface area contributed by atoms with Gasteiger partial charge in [0.25, 0.3) is 0 Å². The lowest BCUT2D eigenvalue weighted by Gasteiger charge is -2.46. The molecule has 1 aromatic heterocycles. The lowest BCUT2D eigenvalue weighted by Crippen LogP contribution is -2.55. The number of ether oxygens (including phenoxy) is 2. The summed E-state index contributed by atoms with van der Waals surface area (Å²) in [6.07, 6.45) is 5.44. The molecule has 1 saturated heterocycles. The average Bonchev–Trinajstić information content (AvgIpc) is 3.06. The Hall–Kier alpha value is -1.17. The second-order valence-corrected chi connectivity index (χ2v) is 5.90. The fourth-order valence-electron chi connectivity index (χ4n) is 3.79. The average molecular weight is 292 g/mol. The van der Waals surface area contributed by atoms with Crippen LogP contribution in [0.3, 0.4) is 0 Å². The number of methoxy groups -OCH3 is 1. The van der Waals surface area contributed by atoms with Crippen molar-refractivity contribution in [1.82, 2.24) is 9.88 Å². The molecule has 21 heavy (non-hydrogen) atoms. The number of pyridine rings is 1. The number of hydrogen-bond donors (Lipinski definition) is 1. The molecule has 1 aliphatic heterocycles. The number of hydrogen-bond acceptors (Lipinski definition) is 5. The van der Waals surface area contributed by atoms with E-state index >= 15 is 0 Å². The highest BCUT2D eigenvalue weighted by Crippen LogP contribution is 2.46. The lowest BCUT2D eigenvalue weighted by atomic mass is 9.85. The predicted octanol–water partition coefficient (Wildman–Crippen LogP) is 1.77. The first-order valence-electron chi connectivity index (χ1n) is 7.78. The highest BCUT2D eigenvalue weighted by molar-refractivity contribution is 5.31. The summed E-state index contributed by atoms with van der Waals surface area (Å²) in [5.41, 5.74) is 0.444. The van der Waals surface area contributed by atoms with Gasteiger partial charge in [-0.1, -0.05) is 12.8 Å². The van der Waals surface area contributed by atoms with Gasteiger partial charge in [-0.15, -0.1) is 0 Å². The Morgan fingerprint density at radius 2 is 2.05 bits per heavy atom. The van der Waals surface area contributed by atoms with Crippen molar-refractivity contribution in [2.24, 2.45) is 0 Å². The third-order valence-electron chi connectivity index (χ3n) is 4.90. The monoisotopic (exact) mass is 292 g/mol. The molecule has 1 aliphatic carbocycles. The summed E-state index contributed by atoms with van der Waals surface area (Å²) in [6.45, 7) is 3.25. The Morgan fingerprint density at radius 3 is 2.71 bits per heavy atom. The van der Waals surface area contributed by atoms with Crippen molar-refractivity contribution in [3.63, 3.8) is 0 Å². The lowest BCUT2D eigenvalue weighted by molar-refractivity contribution is -0.0792. The van der Waals surface area contributed by atoms with E-state index in [1.807, 2.05) is 12.1 Å². The maximum absolute atomic E-state index is 11.1. The van der Waals surface area contributed by atoms with Crippen molar-refractivity contribution in [2.45, 2.75) is 37.3 Å². The molecule has 5 nitrogen and oxygen atoms in total. The highest BCUT2D eigenvalue weighted by atomic mass is 16.5. The molecule has 0 bridgehead atoms. The molecule has 0 radical (unpaired) electrons. The first-order chi connectivity index (χ1) is 10.3. The molecule has 2 fully saturated rings. The second kappa shape index (κ2) is 6.30. The number of rotatable bonds is 4. The number of morpholine rings is 1. The van der Waals surface area contributed by atoms with Gasteiger partial charge in [0.2, 0.25) is 0 Å². The molecule has 2 heterocycles. The summed E-state index contributed by atoms with van der Waals surface area (Å²) in [6, 6.07) is 3.71. The highest BCUT2D eigenvalue weighted by Gasteiger charge is 2.47. The standard InChI is InChI=1S/C16H24N2O3/c1-20-13-5-4-8-17-14(13)15(19)16(6-2-3-7-16)18-9-11-21-12-10-18/h4-5,8,15,19H,2-3,6-7,9-12H2,1H3. The zero-order valence-corrected chi connectivity index (χ0v) is 12.6. The van der Waals surface area contributed by atoms with Crippen molar-refractivity contribution in [1.29, 1.82) is 0 Å². The molecule has 0 amide bonds. The normalized spacial score (nSPS) is 23.9. The van der Waals surface area contributed by atoms with E-state index in [-0.39, 0.29) is 5.54 Å². The van der Waals surface area contributed by atoms with Crippen LogP contribution in [0.4, 0.5) is 0 Å². The van der Waals surface area contributed by atoms with E-state index < -0.39 is 6.10 Å². The quantitative estimate of drug-likeness (QED) is 0.916. The SMILES string of the molecule is COc1cccnc1C(O)C1(N2CCOCC2)CCCC1. The molecule has 1 unspecified atom stereocenters. The van der Waals surface area contributed by atoms with E-state index in [1.54, 1.807) is 13.3 Å². The Bertz CT molecular complexity index is 468. The van der Waals surface area contributed by atoms with Gasteiger partial charge >= 0.3 is 0 Å². The molecule has 1 N–H and O–H groups in total. The Kier molecular flexibility index (Phi) is 4.42. The van der Waals surface area contributed by atoms with Gasteiger partial charge in [-0.3, -0.25) is 9.88 Å². The number of aliphatic hydroxyl groups is 1. The number of nitrogens with zero attached hydrogens (tertiary/aromatic N) is 2. The van der Waals surface area contributed by atoms with Crippen molar-refractivity contribution in [2.75, 3.05) is 33.4 Å². The smallest absolute Gasteiger partial charge is 0.143 e. The largest absolute Gasteiger partial charge is 0.495 e. The summed E-state index contributed by atoms with van der Waals surface area (Å²) < 4.78 is 10.9. The molecule has 1 saturated carbocycles. The minimum Gasteiger partial charge on any atom is -0.495 e. The van der Waals surface area contributed by atoms with Gasteiger partial charge in [0.05, 0.1) is 25.9 Å². The Balaban J connectivity index is 1.92. The van der Waals surface area contributed by atoms with Crippen LogP contribution >= 0.6 is 0 Å². The maximum atomic E-state index is 11.1. The summed E-state index contributed by atoms with van der Waals surface area (Å²) >= 11 is 0. The van der Waals surface area contributed by atoms with E-state index in [9.17, 15) is 5.11 Å². The Morgan fingerprint density at radius 1 is 1.33 bits per heavy atom. The summed E-state index contributed by atoms with van der Waals surface area (Å²) in [5, 5.41) is 11.1. The maximum Gasteiger partial charge on any atom is 0.143 e. The summed E-state index contributed by atoms with van der Waals surface area (Å²) in [5.74, 6) is 0.671. The van der Waals surface area contributed by atoms with Crippen LogP contribution in [-0.2, 0) is 4.74 Å². The van der Waals surface area contributed by atoms with Gasteiger partial charge in [-0.05, 0) is 25.0 Å². The molecule has 1 atom stereocenters. The van der Waals surface area contributed by atoms with Crippen molar-refractivity contribution in [3.8, 4) is 5.75 Å². The van der Waals surface area contributed by atoms with Gasteiger partial charge in [0, 0.05) is 19.3 Å². The van der Waals surface area contributed by atoms with Crippen LogP contribution in [0.1, 0.15) is 37.5 Å². The fraction of sp³-hybridized carbons (Fsp3) is 0.688. The third-order valence-corrected chi connectivity index (χ3v) is 4.90. The van der Waals surface area contributed by atoms with E-state index in [0.29, 0.717) is 11.4 Å². The first kappa shape index (κ1) is 14.8. The minimum atomic E-state index is -0.616. The van der Waals surface area contributed by atoms with Crippen LogP contribution in [0.2, 0.25) is 0 Å². The van der Waals surface area contributed by atoms with E-state index in [2.05, 4.69) is 9.88 Å². The molecule has 5 heteroatoms. The molecule has 3 rings (SSSR count). The number of aliphatic hydroxyl groups excluding tert-OH is 1. The second-order valence-electron chi connectivity index (χ2n) is 5.90. The topological polar surface area (TPSA) is 54.8 Å². The molecular weight excluding hydrogens is 268 g/mol. The van der Waals surface area contributed by atoms with Gasteiger partial charge in [0.1, 0.15) is 17.5 Å². The molecule has 1 aromatic rings. The Labute approximate surface area is 125 Å². The van der Waals surface area contributed by atoms with Crippen molar-refractivity contribution in [3.05, 3.63) is 24.0 Å². The van der Waals surface area contributed by atoms with Gasteiger partial charge in [-0.25, -0.2) is 0 Å². The van der Waals surface area contributed by atoms with Crippen LogP contribution in [0.15, 0.2) is 18.3 Å². The zero-order valence-electron chi connectivity index (χ0n) is 12.6. The van der Waals surface area contributed by atoms with Gasteiger partial charge in [-0.2, -0.15) is 0 Å². The molecule has 0 spiro atoms. The molecule has 2 aliphatic rings. The zero-order chi connectivity index (χ0) is 14.7. The molecule has 116 valence electrons. The van der Waals surface area contributed by atoms with Crippen LogP contribution in [-0.4, -0.2) is 53.9 Å². The van der Waals surface area contributed by atoms with E-state index in [4.69, 9.17) is 9.47 Å². The van der Waals surface area contributed by atoms with Crippen LogP contribution < -0.4 is 4.74 Å². The van der Waals surface area contributed by atoms with Crippen LogP contribution in [0.5, 0.6) is 5.75 Å². The third kappa shape index (κ3) is 2.65. The minimum absolute atomic E-state index is 0.217. The predicted molar refractivity (Wildman–Crippen MR) is 79.3 cm³/mol. The summed E-state index contributed by atoms with van der Waals surface area (Å²) in [7, 11) is 1.63. The van der Waals surface area contributed by atoms with E-state index in [1.165, 1.54) is 0 Å². The van der Waals surface area contributed by atoms with Crippen LogP contribution in [0, 0.1) is 0 Å².